The molecule has 2 aliphatic heterocycles. The standard InChI is InChI=1S/C13H10BF2N3S/c1-9-17-8-12(20-9)13-10-4-2-6-18(10)14(15,16)19-7-3-5-11(13)19/h2-8H,1H3. The van der Waals surface area contributed by atoms with E-state index >= 15 is 0 Å². The molecule has 0 aromatic carbocycles. The minimum Gasteiger partial charge on any atom is -0.396 e. The molecule has 0 spiro atoms. The molecule has 0 saturated heterocycles. The first kappa shape index (κ1) is 11.8. The third kappa shape index (κ3) is 1.38. The molecule has 0 fully saturated rings. The first-order chi connectivity index (χ1) is 9.59. The van der Waals surface area contributed by atoms with Gasteiger partial charge in [0.25, 0.3) is 0 Å². The summed E-state index contributed by atoms with van der Waals surface area (Å²) in [6.45, 7) is -1.90. The number of halogens is 2. The van der Waals surface area contributed by atoms with Crippen molar-refractivity contribution in [1.29, 1.82) is 0 Å². The van der Waals surface area contributed by atoms with Gasteiger partial charge in [-0.2, -0.15) is 0 Å². The Labute approximate surface area is 118 Å². The quantitative estimate of drug-likeness (QED) is 0.739. The molecule has 0 bridgehead atoms. The fourth-order valence-corrected chi connectivity index (χ4v) is 3.59. The molecule has 4 rings (SSSR count). The maximum absolute atomic E-state index is 14.5. The number of aryl methyl sites for hydroxylation is 1. The molecule has 0 aliphatic carbocycles. The summed E-state index contributed by atoms with van der Waals surface area (Å²) in [5.41, 5.74) is 1.91. The largest absolute Gasteiger partial charge is 0.737 e. The Balaban J connectivity index is 2.07. The zero-order valence-corrected chi connectivity index (χ0v) is 11.4. The van der Waals surface area contributed by atoms with Crippen LogP contribution in [0.5, 0.6) is 0 Å². The van der Waals surface area contributed by atoms with Crippen molar-refractivity contribution in [3.05, 3.63) is 58.0 Å². The van der Waals surface area contributed by atoms with E-state index in [4.69, 9.17) is 0 Å². The molecule has 3 nitrogen and oxygen atoms in total. The highest BCUT2D eigenvalue weighted by atomic mass is 32.1. The van der Waals surface area contributed by atoms with Gasteiger partial charge in [0.2, 0.25) is 0 Å². The van der Waals surface area contributed by atoms with Crippen molar-refractivity contribution in [3.63, 3.8) is 0 Å². The van der Waals surface area contributed by atoms with Gasteiger partial charge in [0.05, 0.1) is 15.5 Å². The Morgan fingerprint density at radius 3 is 3.00 bits per heavy atom. The number of nitrogens with zero attached hydrogens (tertiary/aromatic N) is 3. The van der Waals surface area contributed by atoms with E-state index in [2.05, 4.69) is 4.98 Å². The van der Waals surface area contributed by atoms with Crippen LogP contribution in [0.15, 0.2) is 42.4 Å². The van der Waals surface area contributed by atoms with Crippen molar-refractivity contribution in [2.24, 2.45) is 0 Å². The second-order valence-corrected chi connectivity index (χ2v) is 6.04. The molecule has 0 N–H and O–H groups in total. The fourth-order valence-electron chi connectivity index (χ4n) is 2.75. The zero-order valence-electron chi connectivity index (χ0n) is 10.6. The van der Waals surface area contributed by atoms with Gasteiger partial charge in [-0.3, -0.25) is 0 Å². The monoisotopic (exact) mass is 289 g/mol. The van der Waals surface area contributed by atoms with E-state index < -0.39 is 6.97 Å². The van der Waals surface area contributed by atoms with E-state index in [-0.39, 0.29) is 0 Å². The lowest BCUT2D eigenvalue weighted by Gasteiger charge is -2.30. The summed E-state index contributed by atoms with van der Waals surface area (Å²) < 4.78 is 31.2. The highest BCUT2D eigenvalue weighted by Crippen LogP contribution is 2.39. The lowest BCUT2D eigenvalue weighted by molar-refractivity contribution is -0.356. The van der Waals surface area contributed by atoms with Crippen LogP contribution in [0.2, 0.25) is 0 Å². The topological polar surface area (TPSA) is 20.8 Å². The number of fused-ring (bicyclic) bond motifs is 2. The van der Waals surface area contributed by atoms with Crippen molar-refractivity contribution in [3.8, 4) is 0 Å². The summed E-state index contributed by atoms with van der Waals surface area (Å²) in [6.07, 6.45) is 8.01. The van der Waals surface area contributed by atoms with Gasteiger partial charge in [0.1, 0.15) is 6.21 Å². The third-order valence-corrected chi connectivity index (χ3v) is 4.54. The summed E-state index contributed by atoms with van der Waals surface area (Å²) in [7, 11) is 0. The van der Waals surface area contributed by atoms with E-state index in [1.165, 1.54) is 23.7 Å². The fraction of sp³-hybridized carbons (Fsp3) is 0.0769. The molecule has 0 atom stereocenters. The van der Waals surface area contributed by atoms with Gasteiger partial charge in [-0.15, -0.1) is 11.3 Å². The number of allylic oxidation sites excluding steroid dienone is 2. The second kappa shape index (κ2) is 3.76. The number of hydrogen-bond acceptors (Lipinski definition) is 2. The molecule has 2 aromatic rings. The van der Waals surface area contributed by atoms with Gasteiger partial charge in [0.15, 0.2) is 5.70 Å². The van der Waals surface area contributed by atoms with E-state index in [1.54, 1.807) is 30.5 Å². The molecule has 4 heterocycles. The van der Waals surface area contributed by atoms with Crippen LogP contribution in [-0.4, -0.2) is 27.1 Å². The van der Waals surface area contributed by atoms with Crippen LogP contribution in [0.4, 0.5) is 8.63 Å². The molecule has 100 valence electrons. The molecule has 0 radical (unpaired) electrons. The predicted octanol–water partition coefficient (Wildman–Crippen LogP) is 2.90. The summed E-state index contributed by atoms with van der Waals surface area (Å²) >= 11 is 1.52. The van der Waals surface area contributed by atoms with Crippen molar-refractivity contribution in [2.45, 2.75) is 6.92 Å². The van der Waals surface area contributed by atoms with Crippen LogP contribution in [0.25, 0.3) is 5.57 Å². The van der Waals surface area contributed by atoms with Crippen molar-refractivity contribution in [2.75, 3.05) is 0 Å². The normalized spacial score (nSPS) is 19.1. The first-order valence-corrected chi connectivity index (χ1v) is 7.07. The minimum absolute atomic E-state index is 0.546. The number of aromatic nitrogens is 2. The number of thiazole rings is 1. The average Bonchev–Trinajstić information content (AvgIpc) is 3.09. The maximum Gasteiger partial charge on any atom is 0.737 e. The second-order valence-electron chi connectivity index (χ2n) is 4.81. The molecule has 2 aromatic heterocycles. The van der Waals surface area contributed by atoms with E-state index in [1.807, 2.05) is 6.92 Å². The number of hydrogen-bond donors (Lipinski definition) is 0. The summed E-state index contributed by atoms with van der Waals surface area (Å²) in [4.78, 5) is 5.15. The molecule has 0 amide bonds. The van der Waals surface area contributed by atoms with Crippen LogP contribution in [0.3, 0.4) is 0 Å². The summed E-state index contributed by atoms with van der Waals surface area (Å²) in [6, 6.07) is 3.39. The molecular formula is C13H10BF2N3S. The minimum atomic E-state index is -3.81. The van der Waals surface area contributed by atoms with Gasteiger partial charge in [-0.25, -0.2) is 4.98 Å². The predicted molar refractivity (Wildman–Crippen MR) is 76.1 cm³/mol. The van der Waals surface area contributed by atoms with Crippen LogP contribution < -0.4 is 0 Å². The Hall–Kier alpha value is -2.02. The zero-order chi connectivity index (χ0) is 13.9. The van der Waals surface area contributed by atoms with Crippen molar-refractivity contribution in [1.82, 2.24) is 9.46 Å². The Morgan fingerprint density at radius 1 is 1.40 bits per heavy atom. The Kier molecular flexibility index (Phi) is 2.21. The lowest BCUT2D eigenvalue weighted by atomic mass is 9.88. The molecule has 0 unspecified atom stereocenters. The van der Waals surface area contributed by atoms with Gasteiger partial charge >= 0.3 is 6.97 Å². The van der Waals surface area contributed by atoms with Crippen LogP contribution >= 0.6 is 11.3 Å². The lowest BCUT2D eigenvalue weighted by Crippen LogP contribution is -2.49. The van der Waals surface area contributed by atoms with E-state index in [0.29, 0.717) is 11.4 Å². The number of rotatable bonds is 1. The third-order valence-electron chi connectivity index (χ3n) is 3.61. The van der Waals surface area contributed by atoms with Crippen molar-refractivity contribution >= 4 is 30.1 Å². The molecule has 0 saturated carbocycles. The van der Waals surface area contributed by atoms with E-state index in [0.717, 1.165) is 24.4 Å². The smallest absolute Gasteiger partial charge is 0.396 e. The van der Waals surface area contributed by atoms with Crippen LogP contribution in [-0.2, 0) is 0 Å². The van der Waals surface area contributed by atoms with Gasteiger partial charge < -0.3 is 17.6 Å². The Bertz CT molecular complexity index is 813. The van der Waals surface area contributed by atoms with Gasteiger partial charge in [-0.1, -0.05) is 0 Å². The molecule has 20 heavy (non-hydrogen) atoms. The summed E-state index contributed by atoms with van der Waals surface area (Å²) in [5.74, 6) is 0. The SMILES string of the molecule is Cc1ncc(C2=C3C=CC=[N+]3[B-](F)(F)n3cccc32)s1. The maximum atomic E-state index is 14.5. The van der Waals surface area contributed by atoms with Crippen LogP contribution in [0.1, 0.15) is 15.6 Å². The highest BCUT2D eigenvalue weighted by molar-refractivity contribution is 7.12. The Morgan fingerprint density at radius 2 is 2.25 bits per heavy atom. The van der Waals surface area contributed by atoms with Crippen LogP contribution in [0, 0.1) is 6.92 Å². The molecule has 7 heteroatoms. The molecular weight excluding hydrogens is 279 g/mol. The van der Waals surface area contributed by atoms with Crippen molar-refractivity contribution < 1.29 is 13.1 Å². The average molecular weight is 289 g/mol. The molecule has 2 aliphatic rings. The van der Waals surface area contributed by atoms with Gasteiger partial charge in [0, 0.05) is 24.0 Å². The first-order valence-electron chi connectivity index (χ1n) is 6.26. The van der Waals surface area contributed by atoms with Gasteiger partial charge in [-0.05, 0) is 25.3 Å². The highest BCUT2D eigenvalue weighted by Gasteiger charge is 2.51. The van der Waals surface area contributed by atoms with E-state index in [9.17, 15) is 8.63 Å². The summed E-state index contributed by atoms with van der Waals surface area (Å²) in [5, 5.41) is 0.923.